The van der Waals surface area contributed by atoms with E-state index in [4.69, 9.17) is 5.73 Å². The van der Waals surface area contributed by atoms with Crippen LogP contribution in [0.5, 0.6) is 0 Å². The molecule has 1 aromatic heterocycles. The highest BCUT2D eigenvalue weighted by molar-refractivity contribution is 5.84. The summed E-state index contributed by atoms with van der Waals surface area (Å²) >= 11 is 0. The molecule has 1 heterocycles. The molecule has 1 aromatic carbocycles. The van der Waals surface area contributed by atoms with Crippen LogP contribution in [0, 0.1) is 6.92 Å². The highest BCUT2D eigenvalue weighted by Gasteiger charge is 2.09. The Bertz CT molecular complexity index is 495. The zero-order valence-electron chi connectivity index (χ0n) is 10.3. The fourth-order valence-electron chi connectivity index (χ4n) is 2.26. The molecule has 1 unspecified atom stereocenters. The van der Waals surface area contributed by atoms with Crippen molar-refractivity contribution in [2.24, 2.45) is 5.73 Å². The maximum absolute atomic E-state index is 5.89. The van der Waals surface area contributed by atoms with Gasteiger partial charge in [-0.2, -0.15) is 0 Å². The number of fused-ring (bicyclic) bond motifs is 1. The van der Waals surface area contributed by atoms with Gasteiger partial charge in [-0.3, -0.25) is 0 Å². The van der Waals surface area contributed by atoms with Crippen molar-refractivity contribution in [2.75, 3.05) is 0 Å². The molecule has 16 heavy (non-hydrogen) atoms. The van der Waals surface area contributed by atoms with Gasteiger partial charge in [-0.15, -0.1) is 0 Å². The van der Waals surface area contributed by atoms with Crippen molar-refractivity contribution in [1.82, 2.24) is 4.57 Å². The normalized spacial score (nSPS) is 13.2. The molecule has 0 spiro atoms. The molecule has 2 N–H and O–H groups in total. The van der Waals surface area contributed by atoms with E-state index < -0.39 is 0 Å². The maximum Gasteiger partial charge on any atom is 0.0483 e. The molecule has 0 bridgehead atoms. The summed E-state index contributed by atoms with van der Waals surface area (Å²) in [7, 11) is 0. The quantitative estimate of drug-likeness (QED) is 0.840. The summed E-state index contributed by atoms with van der Waals surface area (Å²) in [4.78, 5) is 0. The standard InChI is InChI=1S/C14H20N2/c1-4-16-9-12(8-11(3)15)13-7-10(2)5-6-14(13)16/h5-7,9,11H,4,8,15H2,1-3H3. The van der Waals surface area contributed by atoms with Gasteiger partial charge in [0.2, 0.25) is 0 Å². The molecule has 0 fully saturated rings. The van der Waals surface area contributed by atoms with Crippen LogP contribution in [0.4, 0.5) is 0 Å². The van der Waals surface area contributed by atoms with E-state index in [-0.39, 0.29) is 6.04 Å². The summed E-state index contributed by atoms with van der Waals surface area (Å²) in [5, 5.41) is 1.36. The van der Waals surface area contributed by atoms with Crippen LogP contribution in [-0.2, 0) is 13.0 Å². The third-order valence-corrected chi connectivity index (χ3v) is 3.00. The van der Waals surface area contributed by atoms with E-state index in [1.165, 1.54) is 22.0 Å². The minimum absolute atomic E-state index is 0.219. The fourth-order valence-corrected chi connectivity index (χ4v) is 2.26. The smallest absolute Gasteiger partial charge is 0.0483 e. The zero-order valence-corrected chi connectivity index (χ0v) is 10.3. The van der Waals surface area contributed by atoms with E-state index in [9.17, 15) is 0 Å². The summed E-state index contributed by atoms with van der Waals surface area (Å²) in [6.07, 6.45) is 3.19. The van der Waals surface area contributed by atoms with E-state index >= 15 is 0 Å². The third-order valence-electron chi connectivity index (χ3n) is 3.00. The van der Waals surface area contributed by atoms with Crippen LogP contribution in [0.2, 0.25) is 0 Å². The van der Waals surface area contributed by atoms with Crippen molar-refractivity contribution in [3.8, 4) is 0 Å². The summed E-state index contributed by atoms with van der Waals surface area (Å²) in [5.41, 5.74) is 9.90. The van der Waals surface area contributed by atoms with Gasteiger partial charge in [0.25, 0.3) is 0 Å². The van der Waals surface area contributed by atoms with Crippen molar-refractivity contribution < 1.29 is 0 Å². The molecule has 2 heteroatoms. The number of aryl methyl sites for hydroxylation is 2. The summed E-state index contributed by atoms with van der Waals surface area (Å²) in [6, 6.07) is 6.86. The van der Waals surface area contributed by atoms with Crippen LogP contribution >= 0.6 is 0 Å². The largest absolute Gasteiger partial charge is 0.347 e. The first-order valence-electron chi connectivity index (χ1n) is 5.95. The number of nitrogens with zero attached hydrogens (tertiary/aromatic N) is 1. The Morgan fingerprint density at radius 2 is 2.12 bits per heavy atom. The molecule has 0 aliphatic heterocycles. The van der Waals surface area contributed by atoms with Crippen LogP contribution in [0.3, 0.4) is 0 Å². The SMILES string of the molecule is CCn1cc(CC(C)N)c2cc(C)ccc21. The predicted octanol–water partition coefficient (Wildman–Crippen LogP) is 2.86. The Labute approximate surface area is 97.1 Å². The second-order valence-electron chi connectivity index (χ2n) is 4.64. The molecule has 0 saturated heterocycles. The summed E-state index contributed by atoms with van der Waals surface area (Å²) in [5.74, 6) is 0. The highest BCUT2D eigenvalue weighted by atomic mass is 14.9. The van der Waals surface area contributed by atoms with Crippen molar-refractivity contribution in [1.29, 1.82) is 0 Å². The number of hydrogen-bond acceptors (Lipinski definition) is 1. The van der Waals surface area contributed by atoms with E-state index in [0.717, 1.165) is 13.0 Å². The van der Waals surface area contributed by atoms with Crippen LogP contribution < -0.4 is 5.73 Å². The first-order chi connectivity index (χ1) is 7.61. The van der Waals surface area contributed by atoms with Gasteiger partial charge in [0.1, 0.15) is 0 Å². The van der Waals surface area contributed by atoms with E-state index in [0.29, 0.717) is 0 Å². The number of nitrogens with two attached hydrogens (primary N) is 1. The lowest BCUT2D eigenvalue weighted by Gasteiger charge is -2.03. The van der Waals surface area contributed by atoms with Crippen LogP contribution in [-0.4, -0.2) is 10.6 Å². The molecule has 1 atom stereocenters. The van der Waals surface area contributed by atoms with Gasteiger partial charge in [0.15, 0.2) is 0 Å². The topological polar surface area (TPSA) is 30.9 Å². The third kappa shape index (κ3) is 1.98. The lowest BCUT2D eigenvalue weighted by atomic mass is 10.1. The first kappa shape index (κ1) is 11.2. The van der Waals surface area contributed by atoms with Gasteiger partial charge in [0.05, 0.1) is 0 Å². The summed E-state index contributed by atoms with van der Waals surface area (Å²) < 4.78 is 2.30. The van der Waals surface area contributed by atoms with Gasteiger partial charge in [0, 0.05) is 29.7 Å². The average molecular weight is 216 g/mol. The van der Waals surface area contributed by atoms with Crippen molar-refractivity contribution in [3.63, 3.8) is 0 Å². The molecule has 2 aromatic rings. The van der Waals surface area contributed by atoms with Gasteiger partial charge in [-0.05, 0) is 44.9 Å². The second-order valence-corrected chi connectivity index (χ2v) is 4.64. The number of aromatic nitrogens is 1. The van der Waals surface area contributed by atoms with Gasteiger partial charge in [-0.25, -0.2) is 0 Å². The first-order valence-corrected chi connectivity index (χ1v) is 5.95. The second kappa shape index (κ2) is 4.30. The van der Waals surface area contributed by atoms with Crippen molar-refractivity contribution >= 4 is 10.9 Å². The predicted molar refractivity (Wildman–Crippen MR) is 69.7 cm³/mol. The molecule has 2 nitrogen and oxygen atoms in total. The molecule has 0 aliphatic carbocycles. The molecule has 0 aliphatic rings. The fraction of sp³-hybridized carbons (Fsp3) is 0.429. The van der Waals surface area contributed by atoms with Crippen LogP contribution in [0.15, 0.2) is 24.4 Å². The maximum atomic E-state index is 5.89. The van der Waals surface area contributed by atoms with Gasteiger partial charge >= 0.3 is 0 Å². The van der Waals surface area contributed by atoms with E-state index in [2.05, 4.69) is 49.7 Å². The van der Waals surface area contributed by atoms with Crippen molar-refractivity contribution in [3.05, 3.63) is 35.5 Å². The number of benzene rings is 1. The van der Waals surface area contributed by atoms with Crippen molar-refractivity contribution in [2.45, 2.75) is 39.8 Å². The minimum Gasteiger partial charge on any atom is -0.347 e. The van der Waals surface area contributed by atoms with Crippen LogP contribution in [0.25, 0.3) is 10.9 Å². The molecular weight excluding hydrogens is 196 g/mol. The Hall–Kier alpha value is -1.28. The number of hydrogen-bond donors (Lipinski definition) is 1. The molecule has 86 valence electrons. The minimum atomic E-state index is 0.219. The van der Waals surface area contributed by atoms with E-state index in [1.54, 1.807) is 0 Å². The number of rotatable bonds is 3. The van der Waals surface area contributed by atoms with Crippen LogP contribution in [0.1, 0.15) is 25.0 Å². The molecular formula is C14H20N2. The summed E-state index contributed by atoms with van der Waals surface area (Å²) in [6.45, 7) is 7.39. The Balaban J connectivity index is 2.59. The average Bonchev–Trinajstić information content (AvgIpc) is 2.55. The van der Waals surface area contributed by atoms with E-state index in [1.807, 2.05) is 0 Å². The monoisotopic (exact) mass is 216 g/mol. The Kier molecular flexibility index (Phi) is 3.01. The molecule has 2 rings (SSSR count). The molecule has 0 amide bonds. The molecule has 0 radical (unpaired) electrons. The Morgan fingerprint density at radius 3 is 2.75 bits per heavy atom. The van der Waals surface area contributed by atoms with Gasteiger partial charge in [-0.1, -0.05) is 11.6 Å². The van der Waals surface area contributed by atoms with Gasteiger partial charge < -0.3 is 10.3 Å². The zero-order chi connectivity index (χ0) is 11.7. The molecule has 0 saturated carbocycles. The lowest BCUT2D eigenvalue weighted by Crippen LogP contribution is -2.17. The Morgan fingerprint density at radius 1 is 1.38 bits per heavy atom. The lowest BCUT2D eigenvalue weighted by molar-refractivity contribution is 0.731. The highest BCUT2D eigenvalue weighted by Crippen LogP contribution is 2.23.